The molecule has 0 rings (SSSR count). The molecule has 46 heavy (non-hydrogen) atoms. The van der Waals surface area contributed by atoms with Crippen LogP contribution >= 0.6 is 0 Å². The number of unbranched alkanes of at least 4 members (excludes halogenated alkanes) is 19. The van der Waals surface area contributed by atoms with E-state index in [-0.39, 0.29) is 12.5 Å². The number of aliphatic hydroxyl groups excluding tert-OH is 2. The molecule has 4 heteroatoms. The Kier molecular flexibility index (Phi) is 36.0. The molecule has 0 heterocycles. The van der Waals surface area contributed by atoms with Crippen molar-refractivity contribution >= 4 is 5.91 Å². The zero-order chi connectivity index (χ0) is 33.6. The molecule has 0 saturated carbocycles. The van der Waals surface area contributed by atoms with Gasteiger partial charge in [0.25, 0.3) is 0 Å². The van der Waals surface area contributed by atoms with Crippen LogP contribution in [-0.4, -0.2) is 34.9 Å². The van der Waals surface area contributed by atoms with Gasteiger partial charge in [-0.3, -0.25) is 4.79 Å². The first-order valence-corrected chi connectivity index (χ1v) is 19.5. The predicted molar refractivity (Wildman–Crippen MR) is 202 cm³/mol. The van der Waals surface area contributed by atoms with Gasteiger partial charge in [0.1, 0.15) is 0 Å². The van der Waals surface area contributed by atoms with E-state index >= 15 is 0 Å². The van der Waals surface area contributed by atoms with E-state index in [1.165, 1.54) is 109 Å². The molecule has 4 nitrogen and oxygen atoms in total. The Labute approximate surface area is 286 Å². The lowest BCUT2D eigenvalue weighted by molar-refractivity contribution is -0.123. The maximum Gasteiger partial charge on any atom is 0.220 e. The lowest BCUT2D eigenvalue weighted by Gasteiger charge is -2.19. The molecule has 0 aromatic rings. The van der Waals surface area contributed by atoms with Gasteiger partial charge in [0.05, 0.1) is 18.8 Å². The minimum Gasteiger partial charge on any atom is -0.394 e. The van der Waals surface area contributed by atoms with E-state index in [1.807, 2.05) is 6.08 Å². The average Bonchev–Trinajstić information content (AvgIpc) is 3.06. The molecular weight excluding hydrogens is 566 g/mol. The molecule has 0 aliphatic carbocycles. The van der Waals surface area contributed by atoms with Crippen LogP contribution in [0.1, 0.15) is 181 Å². The summed E-state index contributed by atoms with van der Waals surface area (Å²) in [4.78, 5) is 12.1. The maximum atomic E-state index is 12.1. The van der Waals surface area contributed by atoms with Gasteiger partial charge < -0.3 is 15.5 Å². The van der Waals surface area contributed by atoms with Crippen LogP contribution in [-0.2, 0) is 4.79 Å². The molecule has 0 aromatic carbocycles. The zero-order valence-electron chi connectivity index (χ0n) is 30.3. The van der Waals surface area contributed by atoms with E-state index in [0.717, 1.165) is 51.4 Å². The smallest absolute Gasteiger partial charge is 0.220 e. The molecule has 0 aliphatic rings. The van der Waals surface area contributed by atoms with Crippen molar-refractivity contribution in [3.8, 4) is 0 Å². The van der Waals surface area contributed by atoms with E-state index in [1.54, 1.807) is 6.08 Å². The van der Waals surface area contributed by atoms with Gasteiger partial charge in [-0.05, 0) is 51.4 Å². The zero-order valence-corrected chi connectivity index (χ0v) is 30.3. The molecule has 2 unspecified atom stereocenters. The molecule has 266 valence electrons. The SMILES string of the molecule is CC/C=C\C/C=C\C/C=C\C/C=C\CCCCCCCCCCCCCCCCCCCCC(=O)NC(CO)C(O)/C=C/CCC. The molecule has 1 amide bonds. The van der Waals surface area contributed by atoms with Crippen LogP contribution in [0.5, 0.6) is 0 Å². The van der Waals surface area contributed by atoms with Crippen molar-refractivity contribution in [1.82, 2.24) is 5.32 Å². The summed E-state index contributed by atoms with van der Waals surface area (Å²) in [5, 5.41) is 22.4. The van der Waals surface area contributed by atoms with Crippen LogP contribution in [0.3, 0.4) is 0 Å². The fraction of sp³-hybridized carbons (Fsp3) is 0.738. The molecule has 0 bridgehead atoms. The monoisotopic (exact) mass is 642 g/mol. The largest absolute Gasteiger partial charge is 0.394 e. The molecule has 0 radical (unpaired) electrons. The van der Waals surface area contributed by atoms with Gasteiger partial charge in [-0.1, -0.05) is 184 Å². The minimum atomic E-state index is -0.834. The summed E-state index contributed by atoms with van der Waals surface area (Å²) in [5.74, 6) is -0.0776. The first-order valence-electron chi connectivity index (χ1n) is 19.5. The Morgan fingerprint density at radius 2 is 0.957 bits per heavy atom. The Morgan fingerprint density at radius 3 is 1.39 bits per heavy atom. The summed E-state index contributed by atoms with van der Waals surface area (Å²) in [6.07, 6.45) is 52.5. The molecule has 3 N–H and O–H groups in total. The third kappa shape index (κ3) is 33.5. The number of carbonyl (C=O) groups is 1. The van der Waals surface area contributed by atoms with Gasteiger partial charge >= 0.3 is 0 Å². The number of hydrogen-bond acceptors (Lipinski definition) is 3. The highest BCUT2D eigenvalue weighted by Gasteiger charge is 2.17. The number of allylic oxidation sites excluding steroid dienone is 9. The number of amides is 1. The van der Waals surface area contributed by atoms with Gasteiger partial charge in [0, 0.05) is 6.42 Å². The number of hydrogen-bond donors (Lipinski definition) is 3. The second-order valence-corrected chi connectivity index (χ2v) is 13.0. The Morgan fingerprint density at radius 1 is 0.543 bits per heavy atom. The van der Waals surface area contributed by atoms with Crippen molar-refractivity contribution in [1.29, 1.82) is 0 Å². The summed E-state index contributed by atoms with van der Waals surface area (Å²) < 4.78 is 0. The van der Waals surface area contributed by atoms with Crippen LogP contribution in [0.4, 0.5) is 0 Å². The van der Waals surface area contributed by atoms with Crippen molar-refractivity contribution in [2.45, 2.75) is 193 Å². The van der Waals surface area contributed by atoms with Gasteiger partial charge in [0.15, 0.2) is 0 Å². The number of aliphatic hydroxyl groups is 2. The van der Waals surface area contributed by atoms with Crippen molar-refractivity contribution in [3.63, 3.8) is 0 Å². The molecule has 2 atom stereocenters. The Balaban J connectivity index is 3.36. The number of carbonyl (C=O) groups excluding carboxylic acids is 1. The van der Waals surface area contributed by atoms with E-state index in [4.69, 9.17) is 0 Å². The third-order valence-corrected chi connectivity index (χ3v) is 8.49. The summed E-state index contributed by atoms with van der Waals surface area (Å²) in [6, 6.07) is -0.617. The van der Waals surface area contributed by atoms with E-state index < -0.39 is 12.1 Å². The topological polar surface area (TPSA) is 69.6 Å². The second kappa shape index (κ2) is 37.5. The van der Waals surface area contributed by atoms with Crippen molar-refractivity contribution in [3.05, 3.63) is 60.8 Å². The van der Waals surface area contributed by atoms with E-state index in [9.17, 15) is 15.0 Å². The fourth-order valence-electron chi connectivity index (χ4n) is 5.53. The van der Waals surface area contributed by atoms with Gasteiger partial charge in [-0.25, -0.2) is 0 Å². The molecule has 0 aliphatic heterocycles. The third-order valence-electron chi connectivity index (χ3n) is 8.49. The minimum absolute atomic E-state index is 0.0776. The molecule has 0 spiro atoms. The quantitative estimate of drug-likeness (QED) is 0.0483. The van der Waals surface area contributed by atoms with Crippen LogP contribution in [0.15, 0.2) is 60.8 Å². The standard InChI is InChI=1S/C42H75NO3/c1-3-5-7-8-9-10-11-12-13-14-15-16-17-18-19-20-21-22-23-24-25-26-27-28-29-30-31-32-33-34-36-38-42(46)43-40(39-44)41(45)37-35-6-4-2/h5,7,9-10,12-13,15-16,35,37,40-41,44-45H,3-4,6,8,11,14,17-34,36,38-39H2,1-2H3,(H,43,46)/b7-5-,10-9-,13-12-,16-15-,37-35+. The van der Waals surface area contributed by atoms with Crippen LogP contribution < -0.4 is 5.32 Å². The highest BCUT2D eigenvalue weighted by molar-refractivity contribution is 5.76. The van der Waals surface area contributed by atoms with Crippen molar-refractivity contribution < 1.29 is 15.0 Å². The van der Waals surface area contributed by atoms with E-state index in [0.29, 0.717) is 6.42 Å². The van der Waals surface area contributed by atoms with Gasteiger partial charge in [0.2, 0.25) is 5.91 Å². The normalized spacial score (nSPS) is 13.7. The van der Waals surface area contributed by atoms with Crippen LogP contribution in [0.2, 0.25) is 0 Å². The van der Waals surface area contributed by atoms with Crippen LogP contribution in [0.25, 0.3) is 0 Å². The summed E-state index contributed by atoms with van der Waals surface area (Å²) >= 11 is 0. The maximum absolute atomic E-state index is 12.1. The fourth-order valence-corrected chi connectivity index (χ4v) is 5.53. The summed E-state index contributed by atoms with van der Waals surface area (Å²) in [5.41, 5.74) is 0. The molecular formula is C42H75NO3. The summed E-state index contributed by atoms with van der Waals surface area (Å²) in [6.45, 7) is 3.99. The van der Waals surface area contributed by atoms with Gasteiger partial charge in [-0.15, -0.1) is 0 Å². The Hall–Kier alpha value is -1.91. The first-order chi connectivity index (χ1) is 22.7. The molecule has 0 aromatic heterocycles. The molecule has 0 fully saturated rings. The number of nitrogens with one attached hydrogen (secondary N) is 1. The van der Waals surface area contributed by atoms with Gasteiger partial charge in [-0.2, -0.15) is 0 Å². The lowest BCUT2D eigenvalue weighted by Crippen LogP contribution is -2.45. The van der Waals surface area contributed by atoms with Crippen molar-refractivity contribution in [2.75, 3.05) is 6.61 Å². The van der Waals surface area contributed by atoms with Crippen molar-refractivity contribution in [2.24, 2.45) is 0 Å². The average molecular weight is 642 g/mol. The predicted octanol–water partition coefficient (Wildman–Crippen LogP) is 11.8. The lowest BCUT2D eigenvalue weighted by atomic mass is 10.0. The highest BCUT2D eigenvalue weighted by Crippen LogP contribution is 2.15. The molecule has 0 saturated heterocycles. The highest BCUT2D eigenvalue weighted by atomic mass is 16.3. The summed E-state index contributed by atoms with van der Waals surface area (Å²) in [7, 11) is 0. The van der Waals surface area contributed by atoms with Crippen LogP contribution in [0, 0.1) is 0 Å². The first kappa shape index (κ1) is 44.1. The number of rotatable bonds is 34. The van der Waals surface area contributed by atoms with E-state index in [2.05, 4.69) is 67.8 Å². The second-order valence-electron chi connectivity index (χ2n) is 13.0. The Bertz CT molecular complexity index is 782.